The first kappa shape index (κ1) is 12.2. The smallest absolute Gasteiger partial charge is 0.178 e. The molecule has 2 N–H and O–H groups in total. The molecule has 19 heavy (non-hydrogen) atoms. The molecule has 1 aliphatic heterocycles. The topological polar surface area (TPSA) is 74.8 Å². The van der Waals surface area contributed by atoms with Crippen molar-refractivity contribution >= 4 is 15.5 Å². The highest BCUT2D eigenvalue weighted by Crippen LogP contribution is 2.34. The van der Waals surface area contributed by atoms with E-state index in [0.29, 0.717) is 12.0 Å². The van der Waals surface area contributed by atoms with E-state index in [9.17, 15) is 12.8 Å². The van der Waals surface area contributed by atoms with Crippen molar-refractivity contribution in [1.29, 1.82) is 0 Å². The number of hydrogen-bond acceptors (Lipinski definition) is 4. The Kier molecular flexibility index (Phi) is 2.78. The summed E-state index contributed by atoms with van der Waals surface area (Å²) in [6, 6.07) is 3.57. The number of benzene rings is 1. The molecular formula is C12H12FN3O2S. The minimum Gasteiger partial charge on any atom is -0.376 e. The average molecular weight is 281 g/mol. The first-order chi connectivity index (χ1) is 9.06. The van der Waals surface area contributed by atoms with Crippen molar-refractivity contribution in [2.75, 3.05) is 11.1 Å². The Hall–Kier alpha value is -1.89. The fourth-order valence-electron chi connectivity index (χ4n) is 2.29. The van der Waals surface area contributed by atoms with Gasteiger partial charge >= 0.3 is 0 Å². The molecule has 1 atom stereocenters. The van der Waals surface area contributed by atoms with Crippen LogP contribution in [0.15, 0.2) is 35.5 Å². The number of sulfone groups is 1. The van der Waals surface area contributed by atoms with E-state index in [4.69, 9.17) is 0 Å². The summed E-state index contributed by atoms with van der Waals surface area (Å²) in [5, 5.41) is 9.63. The Balaban J connectivity index is 2.03. The van der Waals surface area contributed by atoms with E-state index in [-0.39, 0.29) is 16.7 Å². The second-order valence-electron chi connectivity index (χ2n) is 4.47. The van der Waals surface area contributed by atoms with Crippen molar-refractivity contribution in [3.05, 3.63) is 42.0 Å². The number of halogens is 1. The molecule has 0 saturated carbocycles. The van der Waals surface area contributed by atoms with Crippen molar-refractivity contribution < 1.29 is 12.8 Å². The summed E-state index contributed by atoms with van der Waals surface area (Å²) in [6.07, 6.45) is 3.67. The van der Waals surface area contributed by atoms with Gasteiger partial charge in [-0.25, -0.2) is 12.8 Å². The van der Waals surface area contributed by atoms with E-state index in [1.54, 1.807) is 12.4 Å². The monoisotopic (exact) mass is 281 g/mol. The van der Waals surface area contributed by atoms with Crippen LogP contribution in [0.25, 0.3) is 0 Å². The molecule has 0 bridgehead atoms. The number of aromatic nitrogens is 2. The zero-order valence-electron chi connectivity index (χ0n) is 9.93. The SMILES string of the molecule is O=S1(=O)CCC(Nc2cn[nH]c2)c2cc(F)ccc21. The molecule has 5 nitrogen and oxygen atoms in total. The first-order valence-corrected chi connectivity index (χ1v) is 7.49. The van der Waals surface area contributed by atoms with Crippen LogP contribution in [0.5, 0.6) is 0 Å². The Morgan fingerprint density at radius 3 is 3.00 bits per heavy atom. The fourth-order valence-corrected chi connectivity index (χ4v) is 3.90. The first-order valence-electron chi connectivity index (χ1n) is 5.84. The number of hydrogen-bond donors (Lipinski definition) is 2. The predicted molar refractivity (Wildman–Crippen MR) is 68.0 cm³/mol. The molecule has 1 unspecified atom stereocenters. The summed E-state index contributed by atoms with van der Waals surface area (Å²) < 4.78 is 37.3. The molecule has 0 spiro atoms. The number of nitrogens with zero attached hydrogens (tertiary/aromatic N) is 1. The maximum absolute atomic E-state index is 13.4. The average Bonchev–Trinajstić information content (AvgIpc) is 2.85. The molecule has 3 rings (SSSR count). The van der Waals surface area contributed by atoms with Crippen molar-refractivity contribution in [3.8, 4) is 0 Å². The largest absolute Gasteiger partial charge is 0.376 e. The minimum atomic E-state index is -3.30. The van der Waals surface area contributed by atoms with Gasteiger partial charge in [0.05, 0.1) is 28.6 Å². The normalized spacial score (nSPS) is 20.8. The Morgan fingerprint density at radius 2 is 2.26 bits per heavy atom. The lowest BCUT2D eigenvalue weighted by Crippen LogP contribution is -2.24. The standard InChI is InChI=1S/C12H12FN3O2S/c13-8-1-2-12-10(5-8)11(3-4-19(12,17)18)16-9-6-14-15-7-9/h1-2,5-7,11,16H,3-4H2,(H,14,15). The molecule has 0 saturated heterocycles. The van der Waals surface area contributed by atoms with Gasteiger partial charge in [-0.1, -0.05) is 0 Å². The fraction of sp³-hybridized carbons (Fsp3) is 0.250. The minimum absolute atomic E-state index is 0.0567. The number of fused-ring (bicyclic) bond motifs is 1. The zero-order chi connectivity index (χ0) is 13.5. The van der Waals surface area contributed by atoms with Crippen molar-refractivity contribution in [2.45, 2.75) is 17.4 Å². The summed E-state index contributed by atoms with van der Waals surface area (Å²) in [7, 11) is -3.30. The highest BCUT2D eigenvalue weighted by Gasteiger charge is 2.30. The molecule has 0 amide bonds. The van der Waals surface area contributed by atoms with Crippen LogP contribution in [0, 0.1) is 5.82 Å². The van der Waals surface area contributed by atoms with Gasteiger partial charge < -0.3 is 5.32 Å². The van der Waals surface area contributed by atoms with Gasteiger partial charge in [-0.15, -0.1) is 0 Å². The Bertz CT molecular complexity index is 698. The second kappa shape index (κ2) is 4.34. The van der Waals surface area contributed by atoms with Gasteiger partial charge in [-0.3, -0.25) is 5.10 Å². The summed E-state index contributed by atoms with van der Waals surface area (Å²) in [4.78, 5) is 0.209. The molecule has 0 radical (unpaired) electrons. The summed E-state index contributed by atoms with van der Waals surface area (Å²) in [6.45, 7) is 0. The Labute approximate surface area is 109 Å². The van der Waals surface area contributed by atoms with Crippen molar-refractivity contribution in [3.63, 3.8) is 0 Å². The Morgan fingerprint density at radius 1 is 1.42 bits per heavy atom. The lowest BCUT2D eigenvalue weighted by atomic mass is 10.0. The van der Waals surface area contributed by atoms with Gasteiger partial charge in [-0.2, -0.15) is 5.10 Å². The maximum Gasteiger partial charge on any atom is 0.178 e. The van der Waals surface area contributed by atoms with Crippen LogP contribution in [0.4, 0.5) is 10.1 Å². The molecule has 100 valence electrons. The van der Waals surface area contributed by atoms with Crippen LogP contribution in [-0.2, 0) is 9.84 Å². The maximum atomic E-state index is 13.4. The quantitative estimate of drug-likeness (QED) is 0.824. The lowest BCUT2D eigenvalue weighted by Gasteiger charge is -2.26. The number of H-pyrrole nitrogens is 1. The van der Waals surface area contributed by atoms with E-state index >= 15 is 0 Å². The molecular weight excluding hydrogens is 269 g/mol. The van der Waals surface area contributed by atoms with Gasteiger partial charge in [0, 0.05) is 6.20 Å². The molecule has 1 aliphatic rings. The number of anilines is 1. The number of rotatable bonds is 2. The lowest BCUT2D eigenvalue weighted by molar-refractivity contribution is 0.570. The van der Waals surface area contributed by atoms with E-state index in [1.165, 1.54) is 18.2 Å². The van der Waals surface area contributed by atoms with Gasteiger partial charge in [0.2, 0.25) is 0 Å². The van der Waals surface area contributed by atoms with E-state index in [2.05, 4.69) is 15.5 Å². The highest BCUT2D eigenvalue weighted by atomic mass is 32.2. The van der Waals surface area contributed by atoms with Gasteiger partial charge in [0.1, 0.15) is 5.82 Å². The third-order valence-electron chi connectivity index (χ3n) is 3.20. The van der Waals surface area contributed by atoms with Crippen LogP contribution in [0.3, 0.4) is 0 Å². The van der Waals surface area contributed by atoms with Gasteiger partial charge in [0.15, 0.2) is 9.84 Å². The van der Waals surface area contributed by atoms with Gasteiger partial charge in [0.25, 0.3) is 0 Å². The third-order valence-corrected chi connectivity index (χ3v) is 5.01. The number of aromatic amines is 1. The summed E-state index contributed by atoms with van der Waals surface area (Å²) >= 11 is 0. The van der Waals surface area contributed by atoms with Crippen LogP contribution in [0.2, 0.25) is 0 Å². The van der Waals surface area contributed by atoms with Crippen molar-refractivity contribution in [2.24, 2.45) is 0 Å². The number of nitrogens with one attached hydrogen (secondary N) is 2. The predicted octanol–water partition coefficient (Wildman–Crippen LogP) is 1.88. The zero-order valence-corrected chi connectivity index (χ0v) is 10.7. The third kappa shape index (κ3) is 2.21. The second-order valence-corrected chi connectivity index (χ2v) is 6.55. The van der Waals surface area contributed by atoms with E-state index < -0.39 is 15.7 Å². The van der Waals surface area contributed by atoms with Crippen LogP contribution in [-0.4, -0.2) is 24.4 Å². The van der Waals surface area contributed by atoms with Crippen LogP contribution >= 0.6 is 0 Å². The van der Waals surface area contributed by atoms with E-state index in [1.807, 2.05) is 0 Å². The molecule has 0 aliphatic carbocycles. The van der Waals surface area contributed by atoms with Crippen LogP contribution < -0.4 is 5.32 Å². The molecule has 0 fully saturated rings. The summed E-state index contributed by atoms with van der Waals surface area (Å²) in [5.74, 6) is -0.379. The molecule has 1 aromatic carbocycles. The van der Waals surface area contributed by atoms with Gasteiger partial charge in [-0.05, 0) is 30.2 Å². The molecule has 7 heteroatoms. The van der Waals surface area contributed by atoms with Crippen LogP contribution in [0.1, 0.15) is 18.0 Å². The summed E-state index contributed by atoms with van der Waals surface area (Å²) in [5.41, 5.74) is 1.23. The molecule has 1 aromatic heterocycles. The van der Waals surface area contributed by atoms with Crippen molar-refractivity contribution in [1.82, 2.24) is 10.2 Å². The molecule has 2 heterocycles. The van der Waals surface area contributed by atoms with E-state index in [0.717, 1.165) is 5.69 Å². The molecule has 2 aromatic rings. The highest BCUT2D eigenvalue weighted by molar-refractivity contribution is 7.91.